The van der Waals surface area contributed by atoms with Crippen LogP contribution in [0.2, 0.25) is 0 Å². The molecule has 1 atom stereocenters. The second kappa shape index (κ2) is 7.12. The molecule has 2 heterocycles. The minimum atomic E-state index is -0.111. The van der Waals surface area contributed by atoms with E-state index in [-0.39, 0.29) is 24.5 Å². The molecule has 1 saturated heterocycles. The Kier molecular flexibility index (Phi) is 5.21. The number of carbonyl (C=O) groups excluding carboxylic acids is 2. The van der Waals surface area contributed by atoms with Gasteiger partial charge in [-0.05, 0) is 12.8 Å². The molecule has 0 aromatic carbocycles. The summed E-state index contributed by atoms with van der Waals surface area (Å²) in [7, 11) is 1.51. The largest absolute Gasteiger partial charge is 0.375 e. The van der Waals surface area contributed by atoms with Crippen LogP contribution >= 0.6 is 0 Å². The van der Waals surface area contributed by atoms with Crippen molar-refractivity contribution in [2.45, 2.75) is 32.4 Å². The van der Waals surface area contributed by atoms with Gasteiger partial charge in [-0.2, -0.15) is 0 Å². The molecule has 0 spiro atoms. The van der Waals surface area contributed by atoms with Crippen LogP contribution in [0.5, 0.6) is 0 Å². The highest BCUT2D eigenvalue weighted by molar-refractivity contribution is 5.78. The average molecular weight is 292 g/mol. The van der Waals surface area contributed by atoms with E-state index in [1.165, 1.54) is 14.0 Å². The third-order valence-corrected chi connectivity index (χ3v) is 3.40. The third-order valence-electron chi connectivity index (χ3n) is 3.40. The molecule has 0 aliphatic carbocycles. The molecule has 1 N–H and O–H groups in total. The van der Waals surface area contributed by atoms with Gasteiger partial charge >= 0.3 is 0 Å². The second-order valence-electron chi connectivity index (χ2n) is 5.02. The summed E-state index contributed by atoms with van der Waals surface area (Å²) >= 11 is 0. The van der Waals surface area contributed by atoms with E-state index in [9.17, 15) is 9.59 Å². The first-order chi connectivity index (χ1) is 10.1. The molecule has 1 aliphatic heterocycles. The van der Waals surface area contributed by atoms with Gasteiger partial charge in [0.2, 0.25) is 11.8 Å². The Hall–Kier alpha value is -2.02. The SMILES string of the molecule is COCC(=O)N1CCCC1c1cncc(CNC(C)=O)n1. The summed E-state index contributed by atoms with van der Waals surface area (Å²) in [5, 5.41) is 2.69. The quantitative estimate of drug-likeness (QED) is 0.850. The fourth-order valence-corrected chi connectivity index (χ4v) is 2.46. The maximum absolute atomic E-state index is 12.0. The summed E-state index contributed by atoms with van der Waals surface area (Å²) < 4.78 is 4.91. The molecule has 2 amide bonds. The van der Waals surface area contributed by atoms with Gasteiger partial charge in [-0.15, -0.1) is 0 Å². The number of hydrogen-bond donors (Lipinski definition) is 1. The van der Waals surface area contributed by atoms with Crippen LogP contribution in [0.4, 0.5) is 0 Å². The first-order valence-corrected chi connectivity index (χ1v) is 6.95. The second-order valence-corrected chi connectivity index (χ2v) is 5.02. The number of nitrogens with one attached hydrogen (secondary N) is 1. The Morgan fingerprint density at radius 3 is 3.00 bits per heavy atom. The van der Waals surface area contributed by atoms with Gasteiger partial charge in [-0.3, -0.25) is 19.6 Å². The molecule has 0 saturated carbocycles. The van der Waals surface area contributed by atoms with Crippen molar-refractivity contribution in [1.82, 2.24) is 20.2 Å². The van der Waals surface area contributed by atoms with Crippen LogP contribution < -0.4 is 5.32 Å². The molecule has 1 aromatic rings. The van der Waals surface area contributed by atoms with Crippen LogP contribution in [0.25, 0.3) is 0 Å². The molecule has 1 unspecified atom stereocenters. The molecular weight excluding hydrogens is 272 g/mol. The number of hydrogen-bond acceptors (Lipinski definition) is 5. The minimum Gasteiger partial charge on any atom is -0.375 e. The van der Waals surface area contributed by atoms with E-state index in [2.05, 4.69) is 15.3 Å². The number of amides is 2. The number of nitrogens with zero attached hydrogens (tertiary/aromatic N) is 3. The number of ether oxygens (including phenoxy) is 1. The van der Waals surface area contributed by atoms with Gasteiger partial charge in [0.1, 0.15) is 6.61 Å². The Morgan fingerprint density at radius 1 is 1.48 bits per heavy atom. The summed E-state index contributed by atoms with van der Waals surface area (Å²) in [4.78, 5) is 33.4. The number of carbonyl (C=O) groups is 2. The number of rotatable bonds is 5. The van der Waals surface area contributed by atoms with Gasteiger partial charge in [0.15, 0.2) is 0 Å². The summed E-state index contributed by atoms with van der Waals surface area (Å²) in [6.45, 7) is 2.59. The van der Waals surface area contributed by atoms with E-state index < -0.39 is 0 Å². The van der Waals surface area contributed by atoms with E-state index >= 15 is 0 Å². The minimum absolute atomic E-state index is 0.0333. The van der Waals surface area contributed by atoms with Crippen LogP contribution in [0.15, 0.2) is 12.4 Å². The van der Waals surface area contributed by atoms with Crippen LogP contribution in [0.1, 0.15) is 37.2 Å². The van der Waals surface area contributed by atoms with Gasteiger partial charge < -0.3 is 15.0 Å². The summed E-state index contributed by atoms with van der Waals surface area (Å²) in [5.74, 6) is -0.144. The van der Waals surface area contributed by atoms with Crippen molar-refractivity contribution < 1.29 is 14.3 Å². The molecule has 1 aromatic heterocycles. The van der Waals surface area contributed by atoms with Crippen LogP contribution in [-0.4, -0.2) is 46.9 Å². The predicted octanol–water partition coefficient (Wildman–Crippen LogP) is 0.423. The molecule has 2 rings (SSSR count). The van der Waals surface area contributed by atoms with Crippen molar-refractivity contribution in [2.24, 2.45) is 0 Å². The molecule has 1 aliphatic rings. The lowest BCUT2D eigenvalue weighted by molar-refractivity contribution is -0.136. The van der Waals surface area contributed by atoms with Gasteiger partial charge in [0, 0.05) is 20.6 Å². The van der Waals surface area contributed by atoms with E-state index in [0.29, 0.717) is 18.8 Å². The lowest BCUT2D eigenvalue weighted by Crippen LogP contribution is -2.33. The fraction of sp³-hybridized carbons (Fsp3) is 0.571. The van der Waals surface area contributed by atoms with Crippen molar-refractivity contribution in [1.29, 1.82) is 0 Å². The Bertz CT molecular complexity index is 521. The number of likely N-dealkylation sites (tertiary alicyclic amines) is 1. The van der Waals surface area contributed by atoms with Crippen LogP contribution in [0.3, 0.4) is 0 Å². The molecule has 1 fully saturated rings. The lowest BCUT2D eigenvalue weighted by Gasteiger charge is -2.24. The standard InChI is InChI=1S/C14H20N4O3/c1-10(19)16-7-11-6-15-8-12(17-11)13-4-3-5-18(13)14(20)9-21-2/h6,8,13H,3-5,7,9H2,1-2H3,(H,16,19). The van der Waals surface area contributed by atoms with E-state index in [0.717, 1.165) is 18.5 Å². The van der Waals surface area contributed by atoms with Crippen molar-refractivity contribution in [3.05, 3.63) is 23.8 Å². The molecule has 114 valence electrons. The zero-order valence-electron chi connectivity index (χ0n) is 12.3. The van der Waals surface area contributed by atoms with Crippen molar-refractivity contribution in [2.75, 3.05) is 20.3 Å². The molecule has 7 nitrogen and oxygen atoms in total. The highest BCUT2D eigenvalue weighted by Crippen LogP contribution is 2.30. The molecule has 21 heavy (non-hydrogen) atoms. The Balaban J connectivity index is 2.11. The molecular formula is C14H20N4O3. The van der Waals surface area contributed by atoms with E-state index in [1.807, 2.05) is 0 Å². The van der Waals surface area contributed by atoms with Crippen LogP contribution in [-0.2, 0) is 20.9 Å². The fourth-order valence-electron chi connectivity index (χ4n) is 2.46. The first-order valence-electron chi connectivity index (χ1n) is 6.95. The van der Waals surface area contributed by atoms with E-state index in [1.54, 1.807) is 17.3 Å². The third kappa shape index (κ3) is 3.98. The molecule has 0 bridgehead atoms. The number of methoxy groups -OCH3 is 1. The topological polar surface area (TPSA) is 84.4 Å². The Morgan fingerprint density at radius 2 is 2.29 bits per heavy atom. The van der Waals surface area contributed by atoms with Gasteiger partial charge in [0.25, 0.3) is 0 Å². The van der Waals surface area contributed by atoms with Gasteiger partial charge in [-0.25, -0.2) is 0 Å². The normalized spacial score (nSPS) is 17.8. The monoisotopic (exact) mass is 292 g/mol. The van der Waals surface area contributed by atoms with E-state index in [4.69, 9.17) is 4.74 Å². The summed E-state index contributed by atoms with van der Waals surface area (Å²) in [6, 6.07) is -0.0579. The molecule has 7 heteroatoms. The van der Waals surface area contributed by atoms with Gasteiger partial charge in [-0.1, -0.05) is 0 Å². The highest BCUT2D eigenvalue weighted by Gasteiger charge is 2.31. The van der Waals surface area contributed by atoms with Crippen molar-refractivity contribution >= 4 is 11.8 Å². The number of aromatic nitrogens is 2. The van der Waals surface area contributed by atoms with Gasteiger partial charge in [0.05, 0.1) is 36.4 Å². The maximum Gasteiger partial charge on any atom is 0.249 e. The highest BCUT2D eigenvalue weighted by atomic mass is 16.5. The zero-order valence-corrected chi connectivity index (χ0v) is 12.3. The zero-order chi connectivity index (χ0) is 15.2. The Labute approximate surface area is 123 Å². The smallest absolute Gasteiger partial charge is 0.249 e. The lowest BCUT2D eigenvalue weighted by atomic mass is 10.1. The summed E-state index contributed by atoms with van der Waals surface area (Å²) in [6.07, 6.45) is 5.11. The predicted molar refractivity (Wildman–Crippen MR) is 75.1 cm³/mol. The maximum atomic E-state index is 12.0. The summed E-state index contributed by atoms with van der Waals surface area (Å²) in [5.41, 5.74) is 1.45. The van der Waals surface area contributed by atoms with Crippen LogP contribution in [0, 0.1) is 0 Å². The van der Waals surface area contributed by atoms with Crippen molar-refractivity contribution in [3.8, 4) is 0 Å². The molecule has 0 radical (unpaired) electrons. The first kappa shape index (κ1) is 15.4. The average Bonchev–Trinajstić information content (AvgIpc) is 2.95. The van der Waals surface area contributed by atoms with Crippen molar-refractivity contribution in [3.63, 3.8) is 0 Å².